The van der Waals surface area contributed by atoms with Crippen LogP contribution in [-0.2, 0) is 14.3 Å². The number of fused-ring (bicyclic) bond motifs is 1. The van der Waals surface area contributed by atoms with E-state index in [1.54, 1.807) is 44.2 Å². The van der Waals surface area contributed by atoms with Crippen LogP contribution in [0.15, 0.2) is 18.2 Å². The molecule has 0 radical (unpaired) electrons. The summed E-state index contributed by atoms with van der Waals surface area (Å²) in [4.78, 5) is 43.4. The van der Waals surface area contributed by atoms with Gasteiger partial charge in [0, 0.05) is 51.3 Å². The Kier molecular flexibility index (Phi) is 9.67. The lowest BCUT2D eigenvalue weighted by Crippen LogP contribution is -2.50. The van der Waals surface area contributed by atoms with Gasteiger partial charge in [0.1, 0.15) is 12.4 Å². The van der Waals surface area contributed by atoms with Gasteiger partial charge in [0.15, 0.2) is 0 Å². The molecule has 0 bridgehead atoms. The number of methoxy groups -OCH3 is 1. The van der Waals surface area contributed by atoms with Crippen molar-refractivity contribution in [1.29, 1.82) is 0 Å². The topological polar surface area (TPSA) is 91.4 Å². The second-order valence-electron chi connectivity index (χ2n) is 8.99. The average molecular weight is 463 g/mol. The molecule has 1 aromatic carbocycles. The van der Waals surface area contributed by atoms with Crippen LogP contribution in [0, 0.1) is 5.92 Å². The second-order valence-corrected chi connectivity index (χ2v) is 8.99. The lowest BCUT2D eigenvalue weighted by atomic mass is 10.0. The minimum absolute atomic E-state index is 0.00322. The van der Waals surface area contributed by atoms with Crippen molar-refractivity contribution in [2.24, 2.45) is 5.92 Å². The molecule has 2 rings (SSSR count). The molecule has 0 fully saturated rings. The van der Waals surface area contributed by atoms with Crippen molar-refractivity contribution in [3.8, 4) is 5.75 Å². The van der Waals surface area contributed by atoms with E-state index in [1.165, 1.54) is 0 Å². The number of nitrogens with one attached hydrogen (secondary N) is 1. The molecule has 3 atom stereocenters. The van der Waals surface area contributed by atoms with Gasteiger partial charge < -0.3 is 29.5 Å². The number of likely N-dealkylation sites (N-methyl/N-ethyl adjacent to an activating group) is 2. The summed E-state index contributed by atoms with van der Waals surface area (Å²) < 4.78 is 11.8. The van der Waals surface area contributed by atoms with Crippen molar-refractivity contribution >= 4 is 23.4 Å². The van der Waals surface area contributed by atoms with Crippen molar-refractivity contribution in [2.75, 3.05) is 59.8 Å². The molecule has 1 aliphatic rings. The molecular weight excluding hydrogens is 424 g/mol. The summed E-state index contributed by atoms with van der Waals surface area (Å²) in [6.45, 7) is 7.08. The minimum Gasteiger partial charge on any atom is -0.491 e. The first-order valence-electron chi connectivity index (χ1n) is 11.4. The molecule has 33 heavy (non-hydrogen) atoms. The summed E-state index contributed by atoms with van der Waals surface area (Å²) in [6.07, 6.45) is 0.101. The van der Waals surface area contributed by atoms with Gasteiger partial charge in [-0.2, -0.15) is 0 Å². The molecule has 9 heteroatoms. The van der Waals surface area contributed by atoms with Gasteiger partial charge in [0.05, 0.1) is 24.3 Å². The number of amides is 3. The van der Waals surface area contributed by atoms with Crippen LogP contribution in [0.3, 0.4) is 0 Å². The third kappa shape index (κ3) is 7.17. The first-order valence-corrected chi connectivity index (χ1v) is 11.4. The van der Waals surface area contributed by atoms with E-state index < -0.39 is 0 Å². The van der Waals surface area contributed by atoms with Gasteiger partial charge in [0.2, 0.25) is 11.8 Å². The van der Waals surface area contributed by atoms with Crippen molar-refractivity contribution < 1.29 is 23.9 Å². The highest BCUT2D eigenvalue weighted by atomic mass is 16.5. The van der Waals surface area contributed by atoms with Crippen LogP contribution in [-0.4, -0.2) is 99.1 Å². The molecule has 0 spiro atoms. The largest absolute Gasteiger partial charge is 0.491 e. The number of benzene rings is 1. The number of hydrogen-bond donors (Lipinski definition) is 1. The van der Waals surface area contributed by atoms with Crippen molar-refractivity contribution in [2.45, 2.75) is 39.3 Å². The molecule has 3 amide bonds. The quantitative estimate of drug-likeness (QED) is 0.719. The number of ether oxygens (including phenoxy) is 2. The van der Waals surface area contributed by atoms with Crippen LogP contribution in [0.25, 0.3) is 0 Å². The summed E-state index contributed by atoms with van der Waals surface area (Å²) >= 11 is 0. The number of anilines is 1. The summed E-state index contributed by atoms with van der Waals surface area (Å²) in [7, 11) is 7.07. The Morgan fingerprint density at radius 2 is 1.94 bits per heavy atom. The van der Waals surface area contributed by atoms with E-state index in [4.69, 9.17) is 9.47 Å². The van der Waals surface area contributed by atoms with Crippen LogP contribution in [0.1, 0.15) is 37.6 Å². The summed E-state index contributed by atoms with van der Waals surface area (Å²) in [5.74, 6) is 0.0571. The molecule has 184 valence electrons. The van der Waals surface area contributed by atoms with Crippen LogP contribution in [0.5, 0.6) is 5.75 Å². The molecule has 0 saturated carbocycles. The van der Waals surface area contributed by atoms with E-state index in [0.717, 1.165) is 0 Å². The third-order valence-electron chi connectivity index (χ3n) is 5.82. The van der Waals surface area contributed by atoms with Crippen molar-refractivity contribution in [3.63, 3.8) is 0 Å². The van der Waals surface area contributed by atoms with Gasteiger partial charge in [-0.05, 0) is 33.2 Å². The van der Waals surface area contributed by atoms with Gasteiger partial charge in [-0.3, -0.25) is 14.4 Å². The Morgan fingerprint density at radius 1 is 1.24 bits per heavy atom. The Balaban J connectivity index is 2.44. The molecule has 0 saturated heterocycles. The molecule has 1 aliphatic heterocycles. The second kappa shape index (κ2) is 12.0. The molecule has 0 unspecified atom stereocenters. The standard InChI is InChI=1S/C24H38N4O5/c1-8-22(29)25-18-9-10-19-20(11-18)33-15-17(3)28(23(30)14-26(4)5)12-16(2)21(32-7)13-27(6)24(19)31/h9-11,16-17,21H,8,12-15H2,1-7H3,(H,25,29)/t16-,17-,21-/m1/s1. The van der Waals surface area contributed by atoms with Gasteiger partial charge in [-0.25, -0.2) is 0 Å². The zero-order valence-electron chi connectivity index (χ0n) is 20.9. The number of nitrogens with zero attached hydrogens (tertiary/aromatic N) is 3. The van der Waals surface area contributed by atoms with Crippen LogP contribution < -0.4 is 10.1 Å². The lowest BCUT2D eigenvalue weighted by molar-refractivity contribution is -0.136. The van der Waals surface area contributed by atoms with Crippen LogP contribution in [0.4, 0.5) is 5.69 Å². The lowest BCUT2D eigenvalue weighted by Gasteiger charge is -2.36. The van der Waals surface area contributed by atoms with E-state index >= 15 is 0 Å². The monoisotopic (exact) mass is 462 g/mol. The summed E-state index contributed by atoms with van der Waals surface area (Å²) in [5.41, 5.74) is 0.952. The first-order chi connectivity index (χ1) is 15.6. The zero-order chi connectivity index (χ0) is 24.7. The van der Waals surface area contributed by atoms with E-state index in [-0.39, 0.29) is 48.9 Å². The maximum atomic E-state index is 13.2. The number of hydrogen-bond acceptors (Lipinski definition) is 6. The molecule has 1 heterocycles. The van der Waals surface area contributed by atoms with Gasteiger partial charge >= 0.3 is 0 Å². The molecule has 1 aromatic rings. The van der Waals surface area contributed by atoms with Gasteiger partial charge in [-0.15, -0.1) is 0 Å². The van der Waals surface area contributed by atoms with E-state index in [2.05, 4.69) is 5.32 Å². The highest BCUT2D eigenvalue weighted by Gasteiger charge is 2.30. The van der Waals surface area contributed by atoms with Gasteiger partial charge in [0.25, 0.3) is 5.91 Å². The predicted octanol–water partition coefficient (Wildman–Crippen LogP) is 1.93. The van der Waals surface area contributed by atoms with Crippen molar-refractivity contribution in [1.82, 2.24) is 14.7 Å². The molecule has 1 N–H and O–H groups in total. The number of carbonyl (C=O) groups is 3. The average Bonchev–Trinajstić information content (AvgIpc) is 2.77. The Bertz CT molecular complexity index is 844. The Hall–Kier alpha value is -2.65. The Morgan fingerprint density at radius 3 is 2.55 bits per heavy atom. The molecule has 9 nitrogen and oxygen atoms in total. The van der Waals surface area contributed by atoms with Crippen LogP contribution >= 0.6 is 0 Å². The molecule has 0 aromatic heterocycles. The van der Waals surface area contributed by atoms with Crippen molar-refractivity contribution in [3.05, 3.63) is 23.8 Å². The maximum Gasteiger partial charge on any atom is 0.257 e. The van der Waals surface area contributed by atoms with Crippen LogP contribution in [0.2, 0.25) is 0 Å². The van der Waals surface area contributed by atoms with E-state index in [1.807, 2.05) is 37.7 Å². The highest BCUT2D eigenvalue weighted by molar-refractivity contribution is 5.98. The predicted molar refractivity (Wildman–Crippen MR) is 128 cm³/mol. The fourth-order valence-corrected chi connectivity index (χ4v) is 3.81. The smallest absolute Gasteiger partial charge is 0.257 e. The fourth-order valence-electron chi connectivity index (χ4n) is 3.81. The van der Waals surface area contributed by atoms with Gasteiger partial charge in [-0.1, -0.05) is 13.8 Å². The Labute approximate surface area is 197 Å². The summed E-state index contributed by atoms with van der Waals surface area (Å²) in [6, 6.07) is 4.79. The maximum absolute atomic E-state index is 13.2. The normalized spacial score (nSPS) is 22.2. The third-order valence-corrected chi connectivity index (χ3v) is 5.82. The first kappa shape index (κ1) is 26.6. The van der Waals surface area contributed by atoms with E-state index in [9.17, 15) is 14.4 Å². The SMILES string of the molecule is CCC(=O)Nc1ccc2c(c1)OC[C@@H](C)N(C(=O)CN(C)C)C[C@@H](C)[C@H](OC)CN(C)C2=O. The summed E-state index contributed by atoms with van der Waals surface area (Å²) in [5, 5.41) is 2.80. The number of carbonyl (C=O) groups excluding carboxylic acids is 3. The fraction of sp³-hybridized carbons (Fsp3) is 0.625. The highest BCUT2D eigenvalue weighted by Crippen LogP contribution is 2.27. The zero-order valence-corrected chi connectivity index (χ0v) is 20.9. The molecular formula is C24H38N4O5. The number of rotatable bonds is 5. The molecule has 0 aliphatic carbocycles. The van der Waals surface area contributed by atoms with E-state index in [0.29, 0.717) is 36.5 Å². The minimum atomic E-state index is -0.243.